The van der Waals surface area contributed by atoms with Crippen molar-refractivity contribution >= 4 is 29.1 Å². The summed E-state index contributed by atoms with van der Waals surface area (Å²) in [4.78, 5) is 13.7. The molecule has 1 amide bonds. The van der Waals surface area contributed by atoms with E-state index in [0.29, 0.717) is 6.54 Å². The maximum atomic E-state index is 11.9. The molecule has 0 aliphatic rings. The first-order chi connectivity index (χ1) is 8.71. The Hall–Kier alpha value is -0.950. The third-order valence-electron chi connectivity index (χ3n) is 2.25. The van der Waals surface area contributed by atoms with Crippen molar-refractivity contribution in [1.82, 2.24) is 20.4 Å². The molecule has 0 saturated heterocycles. The molecule has 6 nitrogen and oxygen atoms in total. The largest absolute Gasteiger partial charge is 0.387 e. The number of carbonyl (C=O) groups is 1. The molecule has 106 valence electrons. The minimum Gasteiger partial charge on any atom is -0.387 e. The summed E-state index contributed by atoms with van der Waals surface area (Å²) in [5.74, 6) is -0.458. The monoisotopic (exact) mass is 306 g/mol. The zero-order valence-electron chi connectivity index (χ0n) is 10.9. The van der Waals surface area contributed by atoms with Crippen LogP contribution in [0.4, 0.5) is 0 Å². The molecule has 0 aromatic carbocycles. The van der Waals surface area contributed by atoms with E-state index in [1.54, 1.807) is 6.92 Å². The summed E-state index contributed by atoms with van der Waals surface area (Å²) < 4.78 is 0. The topological polar surface area (TPSA) is 78.4 Å². The van der Waals surface area contributed by atoms with Crippen molar-refractivity contribution in [1.29, 1.82) is 0 Å². The van der Waals surface area contributed by atoms with Crippen LogP contribution in [-0.4, -0.2) is 58.9 Å². The van der Waals surface area contributed by atoms with Crippen LogP contribution in [0.25, 0.3) is 0 Å². The molecule has 1 atom stereocenters. The standard InChI is InChI=1S/C11H16Cl2N4O2/c1-11(19,6-17(2)3)5-14-10(18)7-4-8(12)15-16-9(7)13/h4,19H,5-6H2,1-3H3,(H,14,18). The molecular weight excluding hydrogens is 291 g/mol. The molecular formula is C11H16Cl2N4O2. The normalized spacial score (nSPS) is 14.3. The Morgan fingerprint density at radius 2 is 2.11 bits per heavy atom. The fraction of sp³-hybridized carbons (Fsp3) is 0.545. The van der Waals surface area contributed by atoms with Gasteiger partial charge in [0.05, 0.1) is 11.2 Å². The van der Waals surface area contributed by atoms with Crippen molar-refractivity contribution in [3.63, 3.8) is 0 Å². The zero-order chi connectivity index (χ0) is 14.6. The van der Waals surface area contributed by atoms with Crippen LogP contribution in [0.5, 0.6) is 0 Å². The van der Waals surface area contributed by atoms with E-state index in [4.69, 9.17) is 23.2 Å². The van der Waals surface area contributed by atoms with Gasteiger partial charge in [-0.1, -0.05) is 23.2 Å². The van der Waals surface area contributed by atoms with E-state index in [9.17, 15) is 9.90 Å². The Balaban J connectivity index is 2.68. The summed E-state index contributed by atoms with van der Waals surface area (Å²) in [6, 6.07) is 1.33. The van der Waals surface area contributed by atoms with E-state index < -0.39 is 11.5 Å². The second-order valence-electron chi connectivity index (χ2n) is 4.79. The van der Waals surface area contributed by atoms with Gasteiger partial charge in [-0.3, -0.25) is 4.79 Å². The van der Waals surface area contributed by atoms with Gasteiger partial charge >= 0.3 is 0 Å². The number of hydrogen-bond acceptors (Lipinski definition) is 5. The number of hydrogen-bond donors (Lipinski definition) is 2. The number of carbonyl (C=O) groups excluding carboxylic acids is 1. The lowest BCUT2D eigenvalue weighted by Crippen LogP contribution is -2.47. The molecule has 0 bridgehead atoms. The number of rotatable bonds is 5. The first-order valence-electron chi connectivity index (χ1n) is 5.55. The van der Waals surface area contributed by atoms with Crippen LogP contribution < -0.4 is 5.32 Å². The summed E-state index contributed by atoms with van der Waals surface area (Å²) in [5.41, 5.74) is -0.919. The molecule has 8 heteroatoms. The van der Waals surface area contributed by atoms with E-state index in [-0.39, 0.29) is 22.4 Å². The fourth-order valence-corrected chi connectivity index (χ4v) is 1.94. The minimum atomic E-state index is -1.05. The van der Waals surface area contributed by atoms with Gasteiger partial charge in [-0.05, 0) is 27.1 Å². The number of amides is 1. The highest BCUT2D eigenvalue weighted by molar-refractivity contribution is 6.34. The molecule has 0 fully saturated rings. The molecule has 1 unspecified atom stereocenters. The van der Waals surface area contributed by atoms with Crippen LogP contribution in [0, 0.1) is 0 Å². The Morgan fingerprint density at radius 1 is 1.47 bits per heavy atom. The second-order valence-corrected chi connectivity index (χ2v) is 5.53. The smallest absolute Gasteiger partial charge is 0.254 e. The highest BCUT2D eigenvalue weighted by Gasteiger charge is 2.23. The van der Waals surface area contributed by atoms with E-state index in [1.165, 1.54) is 6.07 Å². The third kappa shape index (κ3) is 5.28. The number of aromatic nitrogens is 2. The zero-order valence-corrected chi connectivity index (χ0v) is 12.5. The van der Waals surface area contributed by atoms with E-state index in [0.717, 1.165) is 0 Å². The average molecular weight is 307 g/mol. The number of halogens is 2. The number of nitrogens with zero attached hydrogens (tertiary/aromatic N) is 3. The molecule has 0 saturated carbocycles. The number of nitrogens with one attached hydrogen (secondary N) is 1. The van der Waals surface area contributed by atoms with Gasteiger partial charge in [-0.15, -0.1) is 10.2 Å². The lowest BCUT2D eigenvalue weighted by Gasteiger charge is -2.27. The lowest BCUT2D eigenvalue weighted by molar-refractivity contribution is 0.0326. The molecule has 1 aromatic rings. The first kappa shape index (κ1) is 16.1. The third-order valence-corrected chi connectivity index (χ3v) is 2.71. The van der Waals surface area contributed by atoms with Gasteiger partial charge in [0, 0.05) is 13.1 Å². The van der Waals surface area contributed by atoms with Gasteiger partial charge in [0.25, 0.3) is 5.91 Å². The highest BCUT2D eigenvalue weighted by atomic mass is 35.5. The lowest BCUT2D eigenvalue weighted by atomic mass is 10.1. The summed E-state index contributed by atoms with van der Waals surface area (Å²) in [6.07, 6.45) is 0. The fourth-order valence-electron chi connectivity index (χ4n) is 1.62. The molecule has 0 aliphatic heterocycles. The Labute approximate surface area is 121 Å². The van der Waals surface area contributed by atoms with Crippen LogP contribution in [0.3, 0.4) is 0 Å². The maximum absolute atomic E-state index is 11.9. The van der Waals surface area contributed by atoms with Crippen molar-refractivity contribution in [3.05, 3.63) is 21.9 Å². The van der Waals surface area contributed by atoms with E-state index >= 15 is 0 Å². The summed E-state index contributed by atoms with van der Waals surface area (Å²) >= 11 is 11.4. The van der Waals surface area contributed by atoms with Crippen molar-refractivity contribution < 1.29 is 9.90 Å². The Kier molecular flexibility index (Phi) is 5.49. The van der Waals surface area contributed by atoms with Crippen LogP contribution >= 0.6 is 23.2 Å². The van der Waals surface area contributed by atoms with Gasteiger partial charge in [-0.2, -0.15) is 0 Å². The average Bonchev–Trinajstić information content (AvgIpc) is 2.27. The predicted molar refractivity (Wildman–Crippen MR) is 73.6 cm³/mol. The van der Waals surface area contributed by atoms with E-state index in [2.05, 4.69) is 15.5 Å². The second kappa shape index (κ2) is 6.47. The van der Waals surface area contributed by atoms with Crippen LogP contribution in [0.15, 0.2) is 6.07 Å². The van der Waals surface area contributed by atoms with Crippen LogP contribution in [-0.2, 0) is 0 Å². The van der Waals surface area contributed by atoms with Crippen molar-refractivity contribution in [2.75, 3.05) is 27.2 Å². The van der Waals surface area contributed by atoms with Crippen molar-refractivity contribution in [2.24, 2.45) is 0 Å². The predicted octanol–water partition coefficient (Wildman–Crippen LogP) is 0.826. The Morgan fingerprint density at radius 3 is 2.68 bits per heavy atom. The van der Waals surface area contributed by atoms with Gasteiger partial charge in [0.2, 0.25) is 0 Å². The number of likely N-dealkylation sites (N-methyl/N-ethyl adjacent to an activating group) is 1. The van der Waals surface area contributed by atoms with Crippen LogP contribution in [0.2, 0.25) is 10.3 Å². The highest BCUT2D eigenvalue weighted by Crippen LogP contribution is 2.15. The molecule has 19 heavy (non-hydrogen) atoms. The van der Waals surface area contributed by atoms with Crippen molar-refractivity contribution in [3.8, 4) is 0 Å². The molecule has 0 radical (unpaired) electrons. The SMILES string of the molecule is CN(C)CC(C)(O)CNC(=O)c1cc(Cl)nnc1Cl. The van der Waals surface area contributed by atoms with Crippen molar-refractivity contribution in [2.45, 2.75) is 12.5 Å². The van der Waals surface area contributed by atoms with Gasteiger partial charge in [0.15, 0.2) is 10.3 Å². The number of aliphatic hydroxyl groups is 1. The molecule has 0 spiro atoms. The molecule has 2 N–H and O–H groups in total. The Bertz CT molecular complexity index is 466. The maximum Gasteiger partial charge on any atom is 0.254 e. The van der Waals surface area contributed by atoms with Gasteiger partial charge in [-0.25, -0.2) is 0 Å². The summed E-state index contributed by atoms with van der Waals surface area (Å²) in [6.45, 7) is 2.13. The van der Waals surface area contributed by atoms with Gasteiger partial charge < -0.3 is 15.3 Å². The first-order valence-corrected chi connectivity index (χ1v) is 6.31. The molecule has 1 rings (SSSR count). The quantitative estimate of drug-likeness (QED) is 0.842. The summed E-state index contributed by atoms with van der Waals surface area (Å²) in [7, 11) is 3.67. The van der Waals surface area contributed by atoms with Gasteiger partial charge in [0.1, 0.15) is 0 Å². The summed E-state index contributed by atoms with van der Waals surface area (Å²) in [5, 5.41) is 19.8. The van der Waals surface area contributed by atoms with Crippen LogP contribution in [0.1, 0.15) is 17.3 Å². The minimum absolute atomic E-state index is 0.0332. The molecule has 1 aromatic heterocycles. The molecule has 1 heterocycles. The molecule has 0 aliphatic carbocycles. The van der Waals surface area contributed by atoms with E-state index in [1.807, 2.05) is 19.0 Å².